The molecule has 0 amide bonds. The summed E-state index contributed by atoms with van der Waals surface area (Å²) in [6.07, 6.45) is 4.25. The number of aromatic nitrogens is 3. The third-order valence-corrected chi connectivity index (χ3v) is 10.0. The van der Waals surface area contributed by atoms with Gasteiger partial charge < -0.3 is 10.8 Å². The molecule has 1 aromatic heterocycles. The molecular formula is C32H33BrF2N6O. The van der Waals surface area contributed by atoms with E-state index in [9.17, 15) is 14.8 Å². The number of hydrogen-bond donors (Lipinski definition) is 2. The molecule has 3 aromatic carbocycles. The van der Waals surface area contributed by atoms with Crippen LogP contribution in [0.1, 0.15) is 57.1 Å². The Morgan fingerprint density at radius 1 is 1.10 bits per heavy atom. The highest BCUT2D eigenvalue weighted by atomic mass is 79.9. The van der Waals surface area contributed by atoms with Gasteiger partial charge in [0.15, 0.2) is 0 Å². The third-order valence-electron chi connectivity index (χ3n) is 9.31. The fraction of sp³-hybridized carbons (Fsp3) is 0.406. The lowest BCUT2D eigenvalue weighted by molar-refractivity contribution is 0.0125. The van der Waals surface area contributed by atoms with Gasteiger partial charge in [0.1, 0.15) is 28.7 Å². The molecule has 3 atom stereocenters. The Morgan fingerprint density at radius 3 is 2.52 bits per heavy atom. The largest absolute Gasteiger partial charge is 0.388 e. The van der Waals surface area contributed by atoms with Crippen molar-refractivity contribution in [3.05, 3.63) is 69.7 Å². The summed E-state index contributed by atoms with van der Waals surface area (Å²) in [5.41, 5.74) is 9.33. The van der Waals surface area contributed by atoms with Gasteiger partial charge in [0, 0.05) is 30.2 Å². The molecule has 2 aliphatic rings. The maximum atomic E-state index is 16.2. The number of nitriles is 1. The summed E-state index contributed by atoms with van der Waals surface area (Å²) < 4.78 is 32.8. The van der Waals surface area contributed by atoms with Crippen molar-refractivity contribution in [2.75, 3.05) is 0 Å². The van der Waals surface area contributed by atoms with E-state index in [0.717, 1.165) is 24.8 Å². The van der Waals surface area contributed by atoms with E-state index in [1.54, 1.807) is 12.1 Å². The SMILES string of the molecule is CCC(O)(CC)Cn1nnc2cc(-c3ccc(CN4[C@@H]5CC[C@H]4[C@@H](N)C5)cc3-c3ccc(C#N)c(F)c3)c(F)c(Br)c21. The molecule has 2 saturated heterocycles. The van der Waals surface area contributed by atoms with Crippen molar-refractivity contribution in [1.82, 2.24) is 19.9 Å². The van der Waals surface area contributed by atoms with Crippen LogP contribution in [0, 0.1) is 23.0 Å². The van der Waals surface area contributed by atoms with E-state index in [1.165, 1.54) is 16.8 Å². The Hall–Kier alpha value is -3.23. The van der Waals surface area contributed by atoms with Gasteiger partial charge in [-0.1, -0.05) is 37.3 Å². The van der Waals surface area contributed by atoms with Crippen LogP contribution < -0.4 is 5.73 Å². The molecule has 0 radical (unpaired) electrons. The third kappa shape index (κ3) is 4.92. The van der Waals surface area contributed by atoms with Gasteiger partial charge in [-0.2, -0.15) is 5.26 Å². The first-order valence-corrected chi connectivity index (χ1v) is 15.2. The lowest BCUT2D eigenvalue weighted by Gasteiger charge is -2.25. The number of nitrogens with zero attached hydrogens (tertiary/aromatic N) is 5. The molecule has 0 aliphatic carbocycles. The molecule has 0 saturated carbocycles. The van der Waals surface area contributed by atoms with Gasteiger partial charge in [0.05, 0.1) is 22.2 Å². The molecular weight excluding hydrogens is 602 g/mol. The first kappa shape index (κ1) is 28.9. The quantitative estimate of drug-likeness (QED) is 0.236. The predicted molar refractivity (Wildman–Crippen MR) is 161 cm³/mol. The highest BCUT2D eigenvalue weighted by Crippen LogP contribution is 2.42. The summed E-state index contributed by atoms with van der Waals surface area (Å²) >= 11 is 3.45. The van der Waals surface area contributed by atoms with Gasteiger partial charge in [0.25, 0.3) is 0 Å². The molecule has 42 heavy (non-hydrogen) atoms. The molecule has 4 aromatic rings. The number of aliphatic hydroxyl groups is 1. The predicted octanol–water partition coefficient (Wildman–Crippen LogP) is 6.29. The average molecular weight is 636 g/mol. The fourth-order valence-electron chi connectivity index (χ4n) is 6.67. The summed E-state index contributed by atoms with van der Waals surface area (Å²) in [5.74, 6) is -1.14. The van der Waals surface area contributed by atoms with Crippen LogP contribution in [0.3, 0.4) is 0 Å². The van der Waals surface area contributed by atoms with Crippen LogP contribution in [0.2, 0.25) is 0 Å². The second-order valence-corrected chi connectivity index (χ2v) is 12.4. The van der Waals surface area contributed by atoms with Crippen LogP contribution in [0.25, 0.3) is 33.3 Å². The van der Waals surface area contributed by atoms with E-state index in [-0.39, 0.29) is 28.2 Å². The molecule has 3 N–H and O–H groups in total. The number of hydrogen-bond acceptors (Lipinski definition) is 6. The minimum absolute atomic E-state index is 0.0508. The number of fused-ring (bicyclic) bond motifs is 3. The van der Waals surface area contributed by atoms with Crippen molar-refractivity contribution in [1.29, 1.82) is 5.26 Å². The topological polar surface area (TPSA) is 104 Å². The van der Waals surface area contributed by atoms with Gasteiger partial charge in [-0.05, 0) is 94.6 Å². The maximum Gasteiger partial charge on any atom is 0.147 e. The summed E-state index contributed by atoms with van der Waals surface area (Å²) in [6, 6.07) is 14.8. The van der Waals surface area contributed by atoms with E-state index in [2.05, 4.69) is 31.1 Å². The molecule has 0 spiro atoms. The van der Waals surface area contributed by atoms with Crippen molar-refractivity contribution < 1.29 is 13.9 Å². The monoisotopic (exact) mass is 634 g/mol. The average Bonchev–Trinajstić information content (AvgIpc) is 3.66. The number of rotatable bonds is 8. The van der Waals surface area contributed by atoms with Crippen molar-refractivity contribution in [3.63, 3.8) is 0 Å². The molecule has 218 valence electrons. The van der Waals surface area contributed by atoms with Crippen molar-refractivity contribution in [2.24, 2.45) is 5.73 Å². The zero-order chi connectivity index (χ0) is 29.8. The van der Waals surface area contributed by atoms with Crippen LogP contribution in [-0.4, -0.2) is 48.7 Å². The fourth-order valence-corrected chi connectivity index (χ4v) is 7.30. The van der Waals surface area contributed by atoms with Gasteiger partial charge in [-0.3, -0.25) is 4.90 Å². The molecule has 10 heteroatoms. The standard InChI is InChI=1S/C32H33BrF2N6O/c1-3-32(42,4-2)17-41-31-27(38-39-41)14-24(30(35)29(31)33)22-9-5-18(16-40-21-8-10-28(40)26(37)13-21)11-23(22)19-6-7-20(15-36)25(34)12-19/h5-7,9,11-12,14,21,26,28,42H,3-4,8,10,13,16-17,37H2,1-2H3/t21-,26+,28+/m1/s1. The Kier molecular flexibility index (Phi) is 7.64. The van der Waals surface area contributed by atoms with E-state index in [1.807, 2.05) is 38.1 Å². The first-order chi connectivity index (χ1) is 20.2. The number of benzene rings is 3. The summed E-state index contributed by atoms with van der Waals surface area (Å²) in [5, 5.41) is 28.7. The van der Waals surface area contributed by atoms with Crippen LogP contribution in [0.4, 0.5) is 8.78 Å². The van der Waals surface area contributed by atoms with Crippen molar-refractivity contribution in [2.45, 2.75) is 82.8 Å². The summed E-state index contributed by atoms with van der Waals surface area (Å²) in [6.45, 7) is 4.68. The Morgan fingerprint density at radius 2 is 1.88 bits per heavy atom. The molecule has 6 rings (SSSR count). The lowest BCUT2D eigenvalue weighted by Crippen LogP contribution is -2.36. The maximum absolute atomic E-state index is 16.2. The molecule has 2 fully saturated rings. The van der Waals surface area contributed by atoms with Gasteiger partial charge >= 0.3 is 0 Å². The minimum atomic E-state index is -0.989. The van der Waals surface area contributed by atoms with E-state index < -0.39 is 17.2 Å². The van der Waals surface area contributed by atoms with Gasteiger partial charge in [0.2, 0.25) is 0 Å². The normalized spacial score (nSPS) is 20.5. The van der Waals surface area contributed by atoms with Crippen molar-refractivity contribution >= 4 is 27.0 Å². The van der Waals surface area contributed by atoms with Crippen LogP contribution >= 0.6 is 15.9 Å². The zero-order valence-electron chi connectivity index (χ0n) is 23.6. The first-order valence-electron chi connectivity index (χ1n) is 14.4. The van der Waals surface area contributed by atoms with Crippen molar-refractivity contribution in [3.8, 4) is 28.3 Å². The Bertz CT molecular complexity index is 1710. The van der Waals surface area contributed by atoms with Gasteiger partial charge in [-0.25, -0.2) is 13.5 Å². The second kappa shape index (κ2) is 11.1. The molecule has 2 bridgehead atoms. The minimum Gasteiger partial charge on any atom is -0.388 e. The number of nitrogens with two attached hydrogens (primary N) is 1. The Labute approximate surface area is 252 Å². The smallest absolute Gasteiger partial charge is 0.147 e. The molecule has 3 heterocycles. The van der Waals surface area contributed by atoms with E-state index in [0.29, 0.717) is 59.2 Å². The second-order valence-electron chi connectivity index (χ2n) is 11.7. The van der Waals surface area contributed by atoms with E-state index in [4.69, 9.17) is 5.73 Å². The van der Waals surface area contributed by atoms with Gasteiger partial charge in [-0.15, -0.1) is 5.10 Å². The molecule has 0 unspecified atom stereocenters. The van der Waals surface area contributed by atoms with Crippen LogP contribution in [0.5, 0.6) is 0 Å². The van der Waals surface area contributed by atoms with Crippen LogP contribution in [0.15, 0.2) is 46.9 Å². The highest BCUT2D eigenvalue weighted by Gasteiger charge is 2.44. The lowest BCUT2D eigenvalue weighted by atomic mass is 9.91. The molecule has 2 aliphatic heterocycles. The zero-order valence-corrected chi connectivity index (χ0v) is 25.2. The van der Waals surface area contributed by atoms with E-state index >= 15 is 4.39 Å². The summed E-state index contributed by atoms with van der Waals surface area (Å²) in [7, 11) is 0. The number of halogens is 3. The summed E-state index contributed by atoms with van der Waals surface area (Å²) in [4.78, 5) is 2.46. The van der Waals surface area contributed by atoms with Crippen LogP contribution in [-0.2, 0) is 13.1 Å². The Balaban J connectivity index is 1.46. The highest BCUT2D eigenvalue weighted by molar-refractivity contribution is 9.10. The molecule has 7 nitrogen and oxygen atoms in total.